The molecule has 9 heavy (non-hydrogen) atoms. The predicted octanol–water partition coefficient (Wildman–Crippen LogP) is 1.83. The monoisotopic (exact) mass is 127 g/mol. The van der Waals surface area contributed by atoms with Crippen LogP contribution in [0.3, 0.4) is 0 Å². The van der Waals surface area contributed by atoms with E-state index in [2.05, 4.69) is 0 Å². The molecular weight excluding hydrogens is 119 g/mol. The third-order valence-corrected chi connectivity index (χ3v) is 0.980. The molecule has 0 aromatic heterocycles. The molecule has 0 saturated carbocycles. The van der Waals surface area contributed by atoms with Gasteiger partial charge in [-0.15, -0.1) is 0 Å². The van der Waals surface area contributed by atoms with Crippen LogP contribution in [0.25, 0.3) is 0 Å². The van der Waals surface area contributed by atoms with Gasteiger partial charge in [0.1, 0.15) is 11.6 Å². The largest absolute Gasteiger partial charge is 0.497 e. The van der Waals surface area contributed by atoms with E-state index in [0.717, 1.165) is 0 Å². The number of hydrogen-bond acceptors (Lipinski definition) is 1. The van der Waals surface area contributed by atoms with Gasteiger partial charge in [-0.1, -0.05) is 0 Å². The minimum absolute atomic E-state index is 0.133. The van der Waals surface area contributed by atoms with E-state index >= 15 is 0 Å². The quantitative estimate of drug-likeness (QED) is 0.559. The van der Waals surface area contributed by atoms with Gasteiger partial charge in [0.2, 0.25) is 0 Å². The molecule has 1 rings (SSSR count). The van der Waals surface area contributed by atoms with Gasteiger partial charge in [0.25, 0.3) is 0 Å². The van der Waals surface area contributed by atoms with Gasteiger partial charge in [-0.3, -0.25) is 0 Å². The first kappa shape index (κ1) is 4.79. The summed E-state index contributed by atoms with van der Waals surface area (Å²) in [5.41, 5.74) is 0. The predicted molar refractivity (Wildman–Crippen MR) is 33.0 cm³/mol. The minimum Gasteiger partial charge on any atom is -0.497 e. The Morgan fingerprint density at radius 3 is 2.67 bits per heavy atom. The molecule has 2 heteroatoms. The van der Waals surface area contributed by atoms with E-state index < -0.39 is 0 Å². The molecule has 0 unspecified atom stereocenters. The topological polar surface area (TPSA) is 9.23 Å². The molecule has 0 N–H and O–H groups in total. The van der Waals surface area contributed by atoms with Crippen molar-refractivity contribution >= 4 is 0 Å². The molecule has 0 bridgehead atoms. The molecule has 0 amide bonds. The summed E-state index contributed by atoms with van der Waals surface area (Å²) in [7, 11) is -0.133. The van der Waals surface area contributed by atoms with Crippen LogP contribution in [0.15, 0.2) is 24.3 Å². The van der Waals surface area contributed by atoms with Crippen molar-refractivity contribution in [3.8, 4) is 5.75 Å². The highest BCUT2D eigenvalue weighted by Crippen LogP contribution is 2.08. The molecule has 0 radical (unpaired) electrons. The zero-order valence-corrected chi connectivity index (χ0v) is 4.80. The second kappa shape index (κ2) is 2.49. The molecule has 1 nitrogen and oxygen atoms in total. The lowest BCUT2D eigenvalue weighted by atomic mass is 10.3. The van der Waals surface area contributed by atoms with Crippen molar-refractivity contribution < 1.29 is 10.5 Å². The number of hydrogen-bond donors (Lipinski definition) is 0. The summed E-state index contributed by atoms with van der Waals surface area (Å²) in [6, 6.07) is 5.57. The zero-order chi connectivity index (χ0) is 7.40. The van der Waals surface area contributed by atoms with Crippen LogP contribution in [0.1, 0.15) is 1.37 Å². The van der Waals surface area contributed by atoms with Crippen LogP contribution in [0.2, 0.25) is 0 Å². The van der Waals surface area contributed by atoms with E-state index in [0.29, 0.717) is 5.75 Å². The van der Waals surface area contributed by atoms with Crippen molar-refractivity contribution in [2.24, 2.45) is 0 Å². The summed E-state index contributed by atoms with van der Waals surface area (Å²) in [5.74, 6) is 0.230. The smallest absolute Gasteiger partial charge is 0.123 e. The lowest BCUT2D eigenvalue weighted by Crippen LogP contribution is -1.80. The van der Waals surface area contributed by atoms with E-state index in [-0.39, 0.29) is 12.9 Å². The van der Waals surface area contributed by atoms with Crippen molar-refractivity contribution in [1.82, 2.24) is 0 Å². The van der Waals surface area contributed by atoms with E-state index in [9.17, 15) is 4.39 Å². The standard InChI is InChI=1S/C7H7FO/c1-9-7-4-2-6(8)3-5-7/h2-5H,1H3/i1D. The average molecular weight is 127 g/mol. The molecule has 0 atom stereocenters. The summed E-state index contributed by atoms with van der Waals surface area (Å²) < 4.78 is 23.7. The first-order valence-electron chi connectivity index (χ1n) is 3.21. The summed E-state index contributed by atoms with van der Waals surface area (Å²) in [6.45, 7) is 0. The van der Waals surface area contributed by atoms with Crippen LogP contribution in [-0.4, -0.2) is 7.09 Å². The molecule has 48 valence electrons. The zero-order valence-electron chi connectivity index (χ0n) is 5.80. The van der Waals surface area contributed by atoms with Crippen LogP contribution in [0.4, 0.5) is 4.39 Å². The van der Waals surface area contributed by atoms with E-state index in [1.807, 2.05) is 0 Å². The van der Waals surface area contributed by atoms with Crippen LogP contribution < -0.4 is 4.74 Å². The molecule has 0 heterocycles. The number of ether oxygens (including phenoxy) is 1. The molecular formula is C7H7FO. The highest BCUT2D eigenvalue weighted by Gasteiger charge is 1.88. The van der Waals surface area contributed by atoms with Crippen LogP contribution in [0, 0.1) is 5.82 Å². The number of methoxy groups -OCH3 is 1. The molecule has 0 aliphatic rings. The van der Waals surface area contributed by atoms with Crippen molar-refractivity contribution in [3.05, 3.63) is 30.1 Å². The van der Waals surface area contributed by atoms with Gasteiger partial charge < -0.3 is 4.74 Å². The van der Waals surface area contributed by atoms with Gasteiger partial charge >= 0.3 is 0 Å². The molecule has 1 aromatic carbocycles. The number of rotatable bonds is 1. The van der Waals surface area contributed by atoms with E-state index in [4.69, 9.17) is 6.11 Å². The maximum Gasteiger partial charge on any atom is 0.123 e. The third-order valence-electron chi connectivity index (χ3n) is 0.980. The van der Waals surface area contributed by atoms with Crippen LogP contribution in [-0.2, 0) is 0 Å². The first-order chi connectivity index (χ1) is 4.83. The summed E-state index contributed by atoms with van der Waals surface area (Å²) in [5, 5.41) is 0. The van der Waals surface area contributed by atoms with Gasteiger partial charge in [0, 0.05) is 0 Å². The molecule has 1 aromatic rings. The second-order valence-corrected chi connectivity index (χ2v) is 1.60. The minimum atomic E-state index is -0.294. The maximum absolute atomic E-state index is 12.2. The molecule has 0 saturated heterocycles. The maximum atomic E-state index is 12.2. The van der Waals surface area contributed by atoms with Crippen LogP contribution in [0.5, 0.6) is 5.75 Å². The van der Waals surface area contributed by atoms with Gasteiger partial charge in [0.15, 0.2) is 0 Å². The Morgan fingerprint density at radius 1 is 1.44 bits per heavy atom. The Labute approximate surface area is 54.5 Å². The summed E-state index contributed by atoms with van der Waals surface area (Å²) >= 11 is 0. The Morgan fingerprint density at radius 2 is 2.11 bits per heavy atom. The second-order valence-electron chi connectivity index (χ2n) is 1.60. The van der Waals surface area contributed by atoms with Gasteiger partial charge in [-0.05, 0) is 24.3 Å². The summed E-state index contributed by atoms with van der Waals surface area (Å²) in [6.07, 6.45) is 0. The van der Waals surface area contributed by atoms with Gasteiger partial charge in [-0.2, -0.15) is 0 Å². The fourth-order valence-electron chi connectivity index (χ4n) is 0.531. The Bertz CT molecular complexity index is 197. The van der Waals surface area contributed by atoms with E-state index in [1.54, 1.807) is 0 Å². The van der Waals surface area contributed by atoms with Gasteiger partial charge in [-0.25, -0.2) is 4.39 Å². The lowest BCUT2D eigenvalue weighted by molar-refractivity contribution is 0.413. The van der Waals surface area contributed by atoms with Gasteiger partial charge in [0.05, 0.1) is 8.46 Å². The van der Waals surface area contributed by atoms with Crippen molar-refractivity contribution in [3.63, 3.8) is 0 Å². The molecule has 0 aliphatic carbocycles. The summed E-state index contributed by atoms with van der Waals surface area (Å²) in [4.78, 5) is 0. The van der Waals surface area contributed by atoms with Crippen molar-refractivity contribution in [1.29, 1.82) is 0 Å². The lowest BCUT2D eigenvalue weighted by Gasteiger charge is -1.95. The van der Waals surface area contributed by atoms with Crippen LogP contribution >= 0.6 is 0 Å². The molecule has 0 spiro atoms. The SMILES string of the molecule is [2H]COc1ccc(F)cc1. The molecule has 0 aliphatic heterocycles. The first-order valence-corrected chi connectivity index (χ1v) is 2.50. The third kappa shape index (κ3) is 1.42. The highest BCUT2D eigenvalue weighted by atomic mass is 19.1. The molecule has 0 fully saturated rings. The Hall–Kier alpha value is -1.05. The fourth-order valence-corrected chi connectivity index (χ4v) is 0.531. The fraction of sp³-hybridized carbons (Fsp3) is 0.143. The van der Waals surface area contributed by atoms with E-state index in [1.165, 1.54) is 24.3 Å². The van der Waals surface area contributed by atoms with Crippen molar-refractivity contribution in [2.45, 2.75) is 0 Å². The number of benzene rings is 1. The average Bonchev–Trinajstić information content (AvgIpc) is 1.95. The number of halogens is 1. The van der Waals surface area contributed by atoms with Crippen molar-refractivity contribution in [2.75, 3.05) is 7.09 Å². The Kier molecular flexibility index (Phi) is 1.32. The Balaban J connectivity index is 2.69. The highest BCUT2D eigenvalue weighted by molar-refractivity contribution is 5.21. The normalized spacial score (nSPS) is 10.6.